The summed E-state index contributed by atoms with van der Waals surface area (Å²) in [6.45, 7) is 0. The quantitative estimate of drug-likeness (QED) is 0.439. The summed E-state index contributed by atoms with van der Waals surface area (Å²) in [5, 5.41) is 9.22. The van der Waals surface area contributed by atoms with Gasteiger partial charge < -0.3 is 16.0 Å². The number of aromatic nitrogens is 2. The molecule has 0 saturated carbocycles. The maximum absolute atomic E-state index is 12.9. The monoisotopic (exact) mass is 477 g/mol. The fourth-order valence-electron chi connectivity index (χ4n) is 3.17. The average Bonchev–Trinajstić information content (AvgIpc) is 2.69. The zero-order valence-electron chi connectivity index (χ0n) is 15.6. The molecule has 4 N–H and O–H groups in total. The number of nitrogens with one attached hydrogen (secondary N) is 4. The summed E-state index contributed by atoms with van der Waals surface area (Å²) < 4.78 is 0. The number of nitrogens with zero attached hydrogens (tertiary/aromatic N) is 1. The number of carbonyl (C=O) groups is 2. The van der Waals surface area contributed by atoms with E-state index in [9.17, 15) is 14.4 Å². The first kappa shape index (κ1) is 21.2. The number of hydrogen-bond acceptors (Lipinski definition) is 5. The van der Waals surface area contributed by atoms with Crippen molar-refractivity contribution in [3.8, 4) is 0 Å². The predicted octanol–water partition coefficient (Wildman–Crippen LogP) is 4.54. The van der Waals surface area contributed by atoms with Crippen LogP contribution < -0.4 is 21.5 Å². The van der Waals surface area contributed by atoms with Crippen molar-refractivity contribution in [2.45, 2.75) is 12.3 Å². The van der Waals surface area contributed by atoms with Gasteiger partial charge in [0.15, 0.2) is 0 Å². The molecular formula is C20H14Cl3N5O3. The van der Waals surface area contributed by atoms with E-state index in [2.05, 4.69) is 25.9 Å². The van der Waals surface area contributed by atoms with Crippen molar-refractivity contribution in [3.63, 3.8) is 0 Å². The third kappa shape index (κ3) is 4.66. The number of aromatic amines is 1. The van der Waals surface area contributed by atoms with Crippen molar-refractivity contribution >= 4 is 69.8 Å². The summed E-state index contributed by atoms with van der Waals surface area (Å²) >= 11 is 18.0. The molecule has 1 atom stereocenters. The summed E-state index contributed by atoms with van der Waals surface area (Å²) in [4.78, 5) is 44.7. The summed E-state index contributed by atoms with van der Waals surface area (Å²) in [5.74, 6) is -2.00. The number of rotatable bonds is 4. The van der Waals surface area contributed by atoms with Crippen molar-refractivity contribution in [2.75, 3.05) is 16.0 Å². The first-order valence-electron chi connectivity index (χ1n) is 9.03. The van der Waals surface area contributed by atoms with Crippen LogP contribution in [0.4, 0.5) is 23.1 Å². The van der Waals surface area contributed by atoms with Crippen LogP contribution in [0, 0.1) is 0 Å². The van der Waals surface area contributed by atoms with Crippen LogP contribution in [0.2, 0.25) is 15.1 Å². The second kappa shape index (κ2) is 8.58. The number of benzene rings is 2. The molecule has 2 aromatic carbocycles. The van der Waals surface area contributed by atoms with E-state index in [0.717, 1.165) is 0 Å². The Hall–Kier alpha value is -3.07. The first-order chi connectivity index (χ1) is 14.8. The van der Waals surface area contributed by atoms with E-state index >= 15 is 0 Å². The van der Waals surface area contributed by atoms with Gasteiger partial charge in [0.2, 0.25) is 17.8 Å². The molecule has 11 heteroatoms. The summed E-state index contributed by atoms with van der Waals surface area (Å²) in [6, 6.07) is 11.4. The number of anilines is 4. The molecular weight excluding hydrogens is 465 g/mol. The van der Waals surface area contributed by atoms with Gasteiger partial charge in [-0.05, 0) is 36.4 Å². The van der Waals surface area contributed by atoms with E-state index in [1.807, 2.05) is 0 Å². The highest BCUT2D eigenvalue weighted by molar-refractivity contribution is 6.35. The Morgan fingerprint density at radius 2 is 1.84 bits per heavy atom. The van der Waals surface area contributed by atoms with E-state index in [1.165, 1.54) is 12.1 Å². The van der Waals surface area contributed by atoms with Gasteiger partial charge in [0, 0.05) is 22.2 Å². The van der Waals surface area contributed by atoms with E-state index in [1.54, 1.807) is 30.3 Å². The van der Waals surface area contributed by atoms with Crippen LogP contribution in [0.1, 0.15) is 17.9 Å². The Balaban J connectivity index is 1.66. The Labute approximate surface area is 190 Å². The number of amides is 2. The van der Waals surface area contributed by atoms with Crippen molar-refractivity contribution in [3.05, 3.63) is 73.4 Å². The molecule has 0 radical (unpaired) electrons. The lowest BCUT2D eigenvalue weighted by Crippen LogP contribution is -2.36. The van der Waals surface area contributed by atoms with E-state index in [4.69, 9.17) is 34.8 Å². The van der Waals surface area contributed by atoms with Crippen molar-refractivity contribution in [1.29, 1.82) is 0 Å². The van der Waals surface area contributed by atoms with Crippen LogP contribution in [0.5, 0.6) is 0 Å². The molecule has 158 valence electrons. The predicted molar refractivity (Wildman–Crippen MR) is 121 cm³/mol. The zero-order valence-corrected chi connectivity index (χ0v) is 17.9. The fourth-order valence-corrected chi connectivity index (χ4v) is 3.70. The van der Waals surface area contributed by atoms with E-state index in [0.29, 0.717) is 15.7 Å². The minimum atomic E-state index is -1.06. The van der Waals surface area contributed by atoms with E-state index in [-0.39, 0.29) is 34.5 Å². The second-order valence-electron chi connectivity index (χ2n) is 6.73. The molecule has 2 heterocycles. The van der Waals surface area contributed by atoms with Gasteiger partial charge in [-0.2, -0.15) is 4.98 Å². The Bertz CT molecular complexity index is 1260. The van der Waals surface area contributed by atoms with Crippen molar-refractivity contribution in [2.24, 2.45) is 0 Å². The number of fused-ring (bicyclic) bond motifs is 1. The topological polar surface area (TPSA) is 116 Å². The number of hydrogen-bond donors (Lipinski definition) is 4. The van der Waals surface area contributed by atoms with Crippen LogP contribution in [0.25, 0.3) is 0 Å². The van der Waals surface area contributed by atoms with Gasteiger partial charge in [0.05, 0.1) is 22.2 Å². The normalized spacial score (nSPS) is 15.1. The van der Waals surface area contributed by atoms with E-state index < -0.39 is 23.3 Å². The molecule has 4 rings (SSSR count). The maximum atomic E-state index is 12.9. The van der Waals surface area contributed by atoms with Crippen molar-refractivity contribution in [1.82, 2.24) is 9.97 Å². The molecule has 0 saturated heterocycles. The molecule has 0 unspecified atom stereocenters. The highest BCUT2D eigenvalue weighted by Gasteiger charge is 2.35. The van der Waals surface area contributed by atoms with Crippen LogP contribution in [-0.2, 0) is 9.59 Å². The number of halogens is 3. The van der Waals surface area contributed by atoms with Gasteiger partial charge in [-0.15, -0.1) is 0 Å². The van der Waals surface area contributed by atoms with Gasteiger partial charge in [0.1, 0.15) is 5.82 Å². The number of carbonyl (C=O) groups excluding carboxylic acids is 2. The molecule has 2 amide bonds. The molecule has 1 aromatic heterocycles. The van der Waals surface area contributed by atoms with Crippen LogP contribution in [-0.4, -0.2) is 21.8 Å². The lowest BCUT2D eigenvalue weighted by atomic mass is 9.92. The maximum Gasteiger partial charge on any atom is 0.258 e. The highest BCUT2D eigenvalue weighted by Crippen LogP contribution is 2.32. The standard InChI is InChI=1S/C20H14Cl3N5O3/c21-9-2-1-3-11(6-9)24-20-27-17-16(19(31)28-20)12(8-15(29)26-17)18(30)25-14-7-10(22)4-5-13(14)23/h1-7,12H,8H2,(H,25,30)(H3,24,26,27,28,29,31)/t12-/m0/s1. The van der Waals surface area contributed by atoms with Crippen molar-refractivity contribution < 1.29 is 9.59 Å². The van der Waals surface area contributed by atoms with Gasteiger partial charge in [-0.3, -0.25) is 19.4 Å². The van der Waals surface area contributed by atoms with Gasteiger partial charge in [-0.25, -0.2) is 0 Å². The lowest BCUT2D eigenvalue weighted by Gasteiger charge is -2.24. The molecule has 0 fully saturated rings. The fraction of sp³-hybridized carbons (Fsp3) is 0.100. The molecule has 3 aromatic rings. The molecule has 0 spiro atoms. The number of H-pyrrole nitrogens is 1. The largest absolute Gasteiger partial charge is 0.326 e. The lowest BCUT2D eigenvalue weighted by molar-refractivity contribution is -0.123. The third-order valence-corrected chi connectivity index (χ3v) is 5.34. The molecule has 0 aliphatic carbocycles. The first-order valence-corrected chi connectivity index (χ1v) is 10.2. The average molecular weight is 479 g/mol. The molecule has 0 bridgehead atoms. The van der Waals surface area contributed by atoms with Crippen LogP contribution >= 0.6 is 34.8 Å². The molecule has 31 heavy (non-hydrogen) atoms. The summed E-state index contributed by atoms with van der Waals surface area (Å²) in [7, 11) is 0. The van der Waals surface area contributed by atoms with Crippen LogP contribution in [0.3, 0.4) is 0 Å². The minimum absolute atomic E-state index is 0.00173. The summed E-state index contributed by atoms with van der Waals surface area (Å²) in [6.07, 6.45) is -0.219. The zero-order chi connectivity index (χ0) is 22.1. The smallest absolute Gasteiger partial charge is 0.258 e. The molecule has 1 aliphatic rings. The van der Waals surface area contributed by atoms with Crippen LogP contribution in [0.15, 0.2) is 47.3 Å². The Kier molecular flexibility index (Phi) is 5.86. The SMILES string of the molecule is O=C1C[C@H](C(=O)Nc2cc(Cl)ccc2Cl)c2c(nc(Nc3cccc(Cl)c3)[nH]c2=O)N1. The minimum Gasteiger partial charge on any atom is -0.326 e. The van der Waals surface area contributed by atoms with Gasteiger partial charge in [-0.1, -0.05) is 40.9 Å². The second-order valence-corrected chi connectivity index (χ2v) is 8.01. The Morgan fingerprint density at radius 1 is 1.06 bits per heavy atom. The third-order valence-electron chi connectivity index (χ3n) is 4.54. The van der Waals surface area contributed by atoms with Gasteiger partial charge in [0.25, 0.3) is 5.56 Å². The molecule has 8 nitrogen and oxygen atoms in total. The Morgan fingerprint density at radius 3 is 2.61 bits per heavy atom. The van der Waals surface area contributed by atoms with Gasteiger partial charge >= 0.3 is 0 Å². The summed E-state index contributed by atoms with van der Waals surface area (Å²) in [5.41, 5.74) is 0.344. The highest BCUT2D eigenvalue weighted by atomic mass is 35.5. The molecule has 1 aliphatic heterocycles.